The molecule has 2 aliphatic rings. The molecule has 4 N–H and O–H groups in total. The highest BCUT2D eigenvalue weighted by atomic mass is 79.9. The Labute approximate surface area is 254 Å². The number of fused-ring (bicyclic) bond motifs is 1. The summed E-state index contributed by atoms with van der Waals surface area (Å²) in [4.78, 5) is 67.8. The Morgan fingerprint density at radius 3 is 2.00 bits per heavy atom. The molecule has 2 fully saturated rings. The first-order chi connectivity index (χ1) is 20.4. The van der Waals surface area contributed by atoms with Crippen LogP contribution in [0.3, 0.4) is 0 Å². The highest BCUT2D eigenvalue weighted by Crippen LogP contribution is 2.21. The SMILES string of the molecule is O=C(CBr)NCCCCC1NC(=O)C2CCCN2C(=O)C(Cc2ccccc2)NC(=O)C(Cc2ccccc2)NC1=O. The molecular weight excluding hydrogens is 602 g/mol. The van der Waals surface area contributed by atoms with Crippen LogP contribution < -0.4 is 21.3 Å². The Hall–Kier alpha value is -3.73. The average molecular weight is 641 g/mol. The summed E-state index contributed by atoms with van der Waals surface area (Å²) >= 11 is 3.11. The zero-order valence-corrected chi connectivity index (χ0v) is 25.1. The number of unbranched alkanes of at least 4 members (excludes halogenated alkanes) is 1. The average Bonchev–Trinajstić information content (AvgIpc) is 3.50. The molecule has 4 rings (SSSR count). The molecule has 4 unspecified atom stereocenters. The van der Waals surface area contributed by atoms with Crippen LogP contribution in [0.1, 0.15) is 43.2 Å². The minimum Gasteiger partial charge on any atom is -0.355 e. The van der Waals surface area contributed by atoms with Gasteiger partial charge in [-0.25, -0.2) is 0 Å². The van der Waals surface area contributed by atoms with Crippen molar-refractivity contribution in [2.75, 3.05) is 18.4 Å². The Morgan fingerprint density at radius 1 is 0.786 bits per heavy atom. The smallest absolute Gasteiger partial charge is 0.246 e. The van der Waals surface area contributed by atoms with Crippen molar-refractivity contribution in [2.24, 2.45) is 0 Å². The van der Waals surface area contributed by atoms with Gasteiger partial charge in [0.1, 0.15) is 24.2 Å². The van der Waals surface area contributed by atoms with Gasteiger partial charge in [0.2, 0.25) is 29.5 Å². The number of alkyl halides is 1. The zero-order chi connectivity index (χ0) is 29.9. The van der Waals surface area contributed by atoms with Gasteiger partial charge in [0.15, 0.2) is 0 Å². The molecule has 2 aliphatic heterocycles. The molecule has 0 aromatic heterocycles. The van der Waals surface area contributed by atoms with Crippen LogP contribution in [0.15, 0.2) is 60.7 Å². The summed E-state index contributed by atoms with van der Waals surface area (Å²) in [6.45, 7) is 0.842. The van der Waals surface area contributed by atoms with Crippen molar-refractivity contribution in [1.29, 1.82) is 0 Å². The molecule has 2 heterocycles. The van der Waals surface area contributed by atoms with Gasteiger partial charge in [-0.2, -0.15) is 0 Å². The maximum Gasteiger partial charge on any atom is 0.246 e. The van der Waals surface area contributed by atoms with E-state index in [9.17, 15) is 24.0 Å². The molecular formula is C31H38BrN5O5. The summed E-state index contributed by atoms with van der Waals surface area (Å²) < 4.78 is 0. The third kappa shape index (κ3) is 8.64. The highest BCUT2D eigenvalue weighted by Gasteiger charge is 2.40. The van der Waals surface area contributed by atoms with Crippen LogP contribution >= 0.6 is 15.9 Å². The molecule has 2 aromatic rings. The van der Waals surface area contributed by atoms with Gasteiger partial charge in [-0.3, -0.25) is 24.0 Å². The van der Waals surface area contributed by atoms with E-state index in [1.165, 1.54) is 0 Å². The number of benzene rings is 2. The van der Waals surface area contributed by atoms with Crippen molar-refractivity contribution < 1.29 is 24.0 Å². The fourth-order valence-corrected chi connectivity index (χ4v) is 5.64. The van der Waals surface area contributed by atoms with E-state index >= 15 is 0 Å². The lowest BCUT2D eigenvalue weighted by atomic mass is 10.00. The van der Waals surface area contributed by atoms with Gasteiger partial charge in [-0.05, 0) is 43.2 Å². The zero-order valence-electron chi connectivity index (χ0n) is 23.5. The van der Waals surface area contributed by atoms with Crippen LogP contribution in [-0.2, 0) is 36.8 Å². The highest BCUT2D eigenvalue weighted by molar-refractivity contribution is 9.09. The number of halogens is 1. The van der Waals surface area contributed by atoms with Crippen LogP contribution in [0.4, 0.5) is 0 Å². The molecule has 0 bridgehead atoms. The van der Waals surface area contributed by atoms with Crippen LogP contribution in [0.5, 0.6) is 0 Å². The normalized spacial score (nSPS) is 23.1. The molecule has 224 valence electrons. The van der Waals surface area contributed by atoms with E-state index in [1.54, 1.807) is 4.90 Å². The van der Waals surface area contributed by atoms with Crippen molar-refractivity contribution in [3.63, 3.8) is 0 Å². The number of carbonyl (C=O) groups excluding carboxylic acids is 5. The maximum atomic E-state index is 13.9. The minimum atomic E-state index is -0.961. The molecule has 10 nitrogen and oxygen atoms in total. The van der Waals surface area contributed by atoms with Gasteiger partial charge in [-0.15, -0.1) is 0 Å². The molecule has 42 heavy (non-hydrogen) atoms. The number of hydrogen-bond acceptors (Lipinski definition) is 5. The fraction of sp³-hybridized carbons (Fsp3) is 0.452. The van der Waals surface area contributed by atoms with Crippen LogP contribution in [0.25, 0.3) is 0 Å². The first-order valence-electron chi connectivity index (χ1n) is 14.5. The van der Waals surface area contributed by atoms with Crippen molar-refractivity contribution in [3.8, 4) is 0 Å². The molecule has 5 amide bonds. The van der Waals surface area contributed by atoms with Crippen LogP contribution in [-0.4, -0.2) is 77.0 Å². The van der Waals surface area contributed by atoms with E-state index in [0.29, 0.717) is 45.2 Å². The second kappa shape index (κ2) is 15.5. The second-order valence-electron chi connectivity index (χ2n) is 10.7. The predicted molar refractivity (Wildman–Crippen MR) is 161 cm³/mol. The molecule has 0 radical (unpaired) electrons. The van der Waals surface area contributed by atoms with Crippen molar-refractivity contribution in [1.82, 2.24) is 26.2 Å². The quantitative estimate of drug-likeness (QED) is 0.231. The number of nitrogens with zero attached hydrogens (tertiary/aromatic N) is 1. The number of hydrogen-bond donors (Lipinski definition) is 4. The summed E-state index contributed by atoms with van der Waals surface area (Å²) in [6.07, 6.45) is 3.10. The molecule has 11 heteroatoms. The van der Waals surface area contributed by atoms with E-state index in [-0.39, 0.29) is 35.9 Å². The molecule has 0 aliphatic carbocycles. The van der Waals surface area contributed by atoms with Gasteiger partial charge in [0, 0.05) is 25.9 Å². The molecule has 2 saturated heterocycles. The summed E-state index contributed by atoms with van der Waals surface area (Å²) in [5, 5.41) is 11.6. The number of rotatable bonds is 10. The van der Waals surface area contributed by atoms with Gasteiger partial charge >= 0.3 is 0 Å². The lowest BCUT2D eigenvalue weighted by Crippen LogP contribution is -2.62. The fourth-order valence-electron chi connectivity index (χ4n) is 5.44. The first-order valence-corrected chi connectivity index (χ1v) is 15.6. The number of nitrogens with one attached hydrogen (secondary N) is 4. The molecule has 2 aromatic carbocycles. The van der Waals surface area contributed by atoms with Gasteiger partial charge in [-0.1, -0.05) is 76.6 Å². The molecule has 0 spiro atoms. The van der Waals surface area contributed by atoms with Crippen LogP contribution in [0.2, 0.25) is 0 Å². The van der Waals surface area contributed by atoms with Gasteiger partial charge in [0.25, 0.3) is 0 Å². The Balaban J connectivity index is 1.59. The summed E-state index contributed by atoms with van der Waals surface area (Å²) in [5.74, 6) is -1.73. The Bertz CT molecular complexity index is 1240. The van der Waals surface area contributed by atoms with Gasteiger partial charge < -0.3 is 26.2 Å². The lowest BCUT2D eigenvalue weighted by molar-refractivity contribution is -0.143. The largest absolute Gasteiger partial charge is 0.355 e. The predicted octanol–water partition coefficient (Wildman–Crippen LogP) is 1.61. The maximum absolute atomic E-state index is 13.9. The Kier molecular flexibility index (Phi) is 11.5. The van der Waals surface area contributed by atoms with Crippen molar-refractivity contribution >= 4 is 45.5 Å². The third-order valence-electron chi connectivity index (χ3n) is 7.65. The standard InChI is InChI=1S/C31H38BrN5O5/c32-20-27(38)33-16-8-7-14-23-28(39)35-24(18-21-10-3-1-4-11-21)29(40)36-25(19-22-12-5-2-6-13-22)31(42)37-17-9-15-26(37)30(41)34-23/h1-6,10-13,23-26H,7-9,14-20H2,(H,33,38)(H,34,41)(H,35,39)(H,36,40). The van der Waals surface area contributed by atoms with E-state index in [1.807, 2.05) is 60.7 Å². The van der Waals surface area contributed by atoms with Gasteiger partial charge in [0.05, 0.1) is 5.33 Å². The monoisotopic (exact) mass is 639 g/mol. The molecule has 4 atom stereocenters. The lowest BCUT2D eigenvalue weighted by Gasteiger charge is -2.32. The summed E-state index contributed by atoms with van der Waals surface area (Å²) in [5.41, 5.74) is 1.72. The number of carbonyl (C=O) groups is 5. The van der Waals surface area contributed by atoms with Crippen molar-refractivity contribution in [2.45, 2.75) is 69.1 Å². The minimum absolute atomic E-state index is 0.127. The van der Waals surface area contributed by atoms with E-state index in [4.69, 9.17) is 0 Å². The van der Waals surface area contributed by atoms with E-state index in [0.717, 1.165) is 11.1 Å². The molecule has 0 saturated carbocycles. The second-order valence-corrected chi connectivity index (χ2v) is 11.3. The number of amides is 5. The third-order valence-corrected chi connectivity index (χ3v) is 8.16. The topological polar surface area (TPSA) is 137 Å². The first kappa shape index (κ1) is 31.2. The van der Waals surface area contributed by atoms with E-state index < -0.39 is 36.0 Å². The van der Waals surface area contributed by atoms with Crippen molar-refractivity contribution in [3.05, 3.63) is 71.8 Å². The summed E-state index contributed by atoms with van der Waals surface area (Å²) in [7, 11) is 0. The van der Waals surface area contributed by atoms with E-state index in [2.05, 4.69) is 37.2 Å². The summed E-state index contributed by atoms with van der Waals surface area (Å²) in [6, 6.07) is 15.3. The Morgan fingerprint density at radius 2 is 1.36 bits per heavy atom. The van der Waals surface area contributed by atoms with Crippen LogP contribution in [0, 0.1) is 0 Å².